The summed E-state index contributed by atoms with van der Waals surface area (Å²) in [5.41, 5.74) is 7.10. The number of primary amides is 1. The molecule has 0 spiro atoms. The van der Waals surface area contributed by atoms with Gasteiger partial charge in [0.15, 0.2) is 0 Å². The Morgan fingerprint density at radius 1 is 1.00 bits per heavy atom. The molecule has 0 bridgehead atoms. The van der Waals surface area contributed by atoms with E-state index < -0.39 is 47.8 Å². The second-order valence-corrected chi connectivity index (χ2v) is 9.38. The molecule has 202 valence electrons. The maximum atomic E-state index is 13.2. The Kier molecular flexibility index (Phi) is 9.98. The molecule has 3 rings (SSSR count). The zero-order chi connectivity index (χ0) is 27.7. The van der Waals surface area contributed by atoms with Gasteiger partial charge in [0.1, 0.15) is 24.7 Å². The first kappa shape index (κ1) is 28.4. The van der Waals surface area contributed by atoms with Crippen LogP contribution < -0.4 is 16.4 Å². The minimum atomic E-state index is -1.11. The van der Waals surface area contributed by atoms with Crippen LogP contribution in [-0.4, -0.2) is 52.7 Å². The monoisotopic (exact) mass is 522 g/mol. The molecule has 1 aliphatic heterocycles. The number of nitrogens with zero attached hydrogens (tertiary/aromatic N) is 1. The molecule has 38 heavy (non-hydrogen) atoms. The predicted molar refractivity (Wildman–Crippen MR) is 139 cm³/mol. The smallest absolute Gasteiger partial charge is 0.417 e. The highest BCUT2D eigenvalue weighted by molar-refractivity contribution is 6.01. The molecule has 1 fully saturated rings. The summed E-state index contributed by atoms with van der Waals surface area (Å²) in [6.07, 6.45) is -0.0682. The Bertz CT molecular complexity index is 1140. The average molecular weight is 523 g/mol. The Morgan fingerprint density at radius 2 is 1.61 bits per heavy atom. The fourth-order valence-corrected chi connectivity index (χ4v) is 4.24. The highest BCUT2D eigenvalue weighted by Crippen LogP contribution is 2.22. The molecule has 10 heteroatoms. The minimum absolute atomic E-state index is 0.000453. The fourth-order valence-electron chi connectivity index (χ4n) is 4.24. The molecule has 2 aromatic rings. The van der Waals surface area contributed by atoms with E-state index in [1.807, 2.05) is 43.3 Å². The number of imide groups is 1. The molecule has 10 nitrogen and oxygen atoms in total. The van der Waals surface area contributed by atoms with E-state index in [-0.39, 0.29) is 31.8 Å². The molecule has 0 unspecified atom stereocenters. The van der Waals surface area contributed by atoms with E-state index in [1.54, 1.807) is 31.2 Å². The van der Waals surface area contributed by atoms with Crippen LogP contribution in [0.3, 0.4) is 0 Å². The lowest BCUT2D eigenvalue weighted by atomic mass is 9.96. The van der Waals surface area contributed by atoms with Gasteiger partial charge in [-0.2, -0.15) is 0 Å². The lowest BCUT2D eigenvalue weighted by molar-refractivity contribution is -0.136. The number of carbonyl (C=O) groups excluding carboxylic acids is 5. The van der Waals surface area contributed by atoms with E-state index in [2.05, 4.69) is 10.6 Å². The maximum Gasteiger partial charge on any atom is 0.417 e. The normalized spacial score (nSPS) is 17.3. The number of ether oxygens (including phenoxy) is 1. The number of nitrogens with one attached hydrogen (secondary N) is 2. The average Bonchev–Trinajstić information content (AvgIpc) is 3.31. The van der Waals surface area contributed by atoms with E-state index in [1.165, 1.54) is 0 Å². The van der Waals surface area contributed by atoms with Crippen LogP contribution in [0.25, 0.3) is 0 Å². The molecule has 5 amide bonds. The third kappa shape index (κ3) is 7.41. The molecule has 1 aliphatic rings. The highest BCUT2D eigenvalue weighted by Gasteiger charge is 2.43. The van der Waals surface area contributed by atoms with Gasteiger partial charge in [-0.05, 0) is 23.5 Å². The second kappa shape index (κ2) is 13.4. The van der Waals surface area contributed by atoms with Gasteiger partial charge in [-0.15, -0.1) is 0 Å². The van der Waals surface area contributed by atoms with Crippen molar-refractivity contribution in [3.8, 4) is 0 Å². The minimum Gasteiger partial charge on any atom is -0.444 e. The van der Waals surface area contributed by atoms with Crippen LogP contribution >= 0.6 is 0 Å². The Morgan fingerprint density at radius 3 is 2.18 bits per heavy atom. The van der Waals surface area contributed by atoms with Crippen molar-refractivity contribution in [2.24, 2.45) is 11.7 Å². The molecule has 0 aromatic heterocycles. The summed E-state index contributed by atoms with van der Waals surface area (Å²) in [5.74, 6) is -2.75. The van der Waals surface area contributed by atoms with E-state index >= 15 is 0 Å². The van der Waals surface area contributed by atoms with Crippen molar-refractivity contribution in [2.75, 3.05) is 0 Å². The van der Waals surface area contributed by atoms with Crippen molar-refractivity contribution in [2.45, 2.75) is 64.3 Å². The van der Waals surface area contributed by atoms with Crippen molar-refractivity contribution in [3.63, 3.8) is 0 Å². The van der Waals surface area contributed by atoms with Crippen LogP contribution in [0.15, 0.2) is 60.7 Å². The predicted octanol–water partition coefficient (Wildman–Crippen LogP) is 2.06. The van der Waals surface area contributed by atoms with Gasteiger partial charge in [-0.1, -0.05) is 80.9 Å². The molecule has 1 saturated heterocycles. The Labute approximate surface area is 221 Å². The first-order valence-electron chi connectivity index (χ1n) is 12.7. The third-order valence-corrected chi connectivity index (χ3v) is 6.65. The van der Waals surface area contributed by atoms with E-state index in [4.69, 9.17) is 10.5 Å². The summed E-state index contributed by atoms with van der Waals surface area (Å²) in [7, 11) is 0. The molecular weight excluding hydrogens is 488 g/mol. The molecule has 1 heterocycles. The van der Waals surface area contributed by atoms with E-state index in [9.17, 15) is 24.0 Å². The van der Waals surface area contributed by atoms with Crippen LogP contribution in [-0.2, 0) is 36.9 Å². The van der Waals surface area contributed by atoms with Crippen LogP contribution in [0.4, 0.5) is 4.79 Å². The highest BCUT2D eigenvalue weighted by atomic mass is 16.6. The van der Waals surface area contributed by atoms with Crippen molar-refractivity contribution < 1.29 is 28.7 Å². The fraction of sp³-hybridized carbons (Fsp3) is 0.393. The molecule has 0 radical (unpaired) electrons. The molecule has 4 N–H and O–H groups in total. The van der Waals surface area contributed by atoms with Crippen LogP contribution in [0, 0.1) is 5.92 Å². The van der Waals surface area contributed by atoms with Crippen molar-refractivity contribution >= 4 is 29.7 Å². The molecular formula is C28H34N4O6. The summed E-state index contributed by atoms with van der Waals surface area (Å²) >= 11 is 0. The van der Waals surface area contributed by atoms with Gasteiger partial charge in [-0.3, -0.25) is 19.2 Å². The van der Waals surface area contributed by atoms with Gasteiger partial charge >= 0.3 is 6.09 Å². The largest absolute Gasteiger partial charge is 0.444 e. The third-order valence-electron chi connectivity index (χ3n) is 6.65. The van der Waals surface area contributed by atoms with Crippen molar-refractivity contribution in [1.82, 2.24) is 15.5 Å². The van der Waals surface area contributed by atoms with Crippen LogP contribution in [0.2, 0.25) is 0 Å². The number of benzene rings is 2. The maximum absolute atomic E-state index is 13.2. The SMILES string of the molecule is CC[C@H](C)[C@H](NC(=O)[C@@H]1CCC(=O)N1C(=O)OCc1ccccc1)C(=O)N[C@H](Cc1ccccc1)C(N)=O. The number of rotatable bonds is 11. The van der Waals surface area contributed by atoms with Crippen LogP contribution in [0.5, 0.6) is 0 Å². The number of hydrogen-bond acceptors (Lipinski definition) is 6. The Hall–Kier alpha value is -4.21. The summed E-state index contributed by atoms with van der Waals surface area (Å²) in [6, 6.07) is 15.0. The summed E-state index contributed by atoms with van der Waals surface area (Å²) in [5, 5.41) is 5.35. The van der Waals surface area contributed by atoms with Crippen LogP contribution in [0.1, 0.15) is 44.2 Å². The number of nitrogens with two attached hydrogens (primary N) is 1. The summed E-state index contributed by atoms with van der Waals surface area (Å²) in [6.45, 7) is 3.59. The topological polar surface area (TPSA) is 148 Å². The van der Waals surface area contributed by atoms with Gasteiger partial charge in [0.2, 0.25) is 23.6 Å². The zero-order valence-corrected chi connectivity index (χ0v) is 21.6. The number of carbonyl (C=O) groups is 5. The summed E-state index contributed by atoms with van der Waals surface area (Å²) < 4.78 is 5.27. The molecule has 2 aromatic carbocycles. The van der Waals surface area contributed by atoms with Gasteiger partial charge in [-0.25, -0.2) is 9.69 Å². The first-order chi connectivity index (χ1) is 18.2. The van der Waals surface area contributed by atoms with Crippen molar-refractivity contribution in [1.29, 1.82) is 0 Å². The number of likely N-dealkylation sites (tertiary alicyclic amines) is 1. The number of hydrogen-bond donors (Lipinski definition) is 3. The molecule has 0 aliphatic carbocycles. The van der Waals surface area contributed by atoms with Gasteiger partial charge in [0.25, 0.3) is 0 Å². The molecule has 0 saturated carbocycles. The van der Waals surface area contributed by atoms with E-state index in [0.717, 1.165) is 16.0 Å². The summed E-state index contributed by atoms with van der Waals surface area (Å²) in [4.78, 5) is 64.5. The zero-order valence-electron chi connectivity index (χ0n) is 21.6. The Balaban J connectivity index is 1.68. The van der Waals surface area contributed by atoms with Gasteiger partial charge in [0, 0.05) is 12.8 Å². The molecule has 4 atom stereocenters. The first-order valence-corrected chi connectivity index (χ1v) is 12.7. The lowest BCUT2D eigenvalue weighted by Gasteiger charge is -2.28. The number of amides is 5. The second-order valence-electron chi connectivity index (χ2n) is 9.38. The van der Waals surface area contributed by atoms with E-state index in [0.29, 0.717) is 6.42 Å². The quantitative estimate of drug-likeness (QED) is 0.411. The van der Waals surface area contributed by atoms with Gasteiger partial charge < -0.3 is 21.1 Å². The van der Waals surface area contributed by atoms with Crippen molar-refractivity contribution in [3.05, 3.63) is 71.8 Å². The van der Waals surface area contributed by atoms with Gasteiger partial charge in [0.05, 0.1) is 0 Å². The lowest BCUT2D eigenvalue weighted by Crippen LogP contribution is -2.58. The standard InChI is InChI=1S/C28H34N4O6/c1-3-18(2)24(27(36)30-21(25(29)34)16-19-10-6-4-7-11-19)31-26(35)22-14-15-23(33)32(22)28(37)38-17-20-12-8-5-9-13-20/h4-13,18,21-22,24H,3,14-17H2,1-2H3,(H2,29,34)(H,30,36)(H,31,35)/t18-,21+,22-,24-/m0/s1.